The molecular formula is C17H18N2S2. The Morgan fingerprint density at radius 1 is 1.33 bits per heavy atom. The fraction of sp³-hybridized carbons (Fsp3) is 0.353. The molecule has 0 saturated carbocycles. The number of allylic oxidation sites excluding steroid dienone is 1. The lowest BCUT2D eigenvalue weighted by molar-refractivity contribution is 0.645. The van der Waals surface area contributed by atoms with Crippen molar-refractivity contribution in [3.63, 3.8) is 0 Å². The van der Waals surface area contributed by atoms with Gasteiger partial charge in [0.2, 0.25) is 0 Å². The molecule has 0 aliphatic carbocycles. The molecule has 0 unspecified atom stereocenters. The highest BCUT2D eigenvalue weighted by molar-refractivity contribution is 8.17. The van der Waals surface area contributed by atoms with Crippen LogP contribution in [0.25, 0.3) is 15.8 Å². The van der Waals surface area contributed by atoms with Crippen LogP contribution in [0.1, 0.15) is 30.9 Å². The summed E-state index contributed by atoms with van der Waals surface area (Å²) < 4.78 is 1.41. The van der Waals surface area contributed by atoms with Crippen LogP contribution in [-0.2, 0) is 0 Å². The molecular weight excluding hydrogens is 296 g/mol. The van der Waals surface area contributed by atoms with Crippen LogP contribution >= 0.6 is 23.1 Å². The molecule has 21 heavy (non-hydrogen) atoms. The average Bonchev–Trinajstić information content (AvgIpc) is 3.13. The molecule has 0 saturated heterocycles. The van der Waals surface area contributed by atoms with Gasteiger partial charge in [0.25, 0.3) is 0 Å². The number of nitrogens with zero attached hydrogens (tertiary/aromatic N) is 2. The molecule has 4 rings (SSSR count). The van der Waals surface area contributed by atoms with Crippen molar-refractivity contribution >= 4 is 44.0 Å². The maximum Gasteiger partial charge on any atom is 0.168 e. The van der Waals surface area contributed by atoms with Gasteiger partial charge in [0.15, 0.2) is 5.17 Å². The first kappa shape index (κ1) is 13.4. The van der Waals surface area contributed by atoms with Gasteiger partial charge in [-0.2, -0.15) is 0 Å². The topological polar surface area (TPSA) is 15.6 Å². The molecule has 2 aliphatic heterocycles. The van der Waals surface area contributed by atoms with Crippen molar-refractivity contribution in [1.29, 1.82) is 0 Å². The summed E-state index contributed by atoms with van der Waals surface area (Å²) in [5, 5.41) is 4.76. The van der Waals surface area contributed by atoms with Crippen LogP contribution < -0.4 is 0 Å². The standard InChI is InChI=1S/C17H18N2S2/c1-3-4-14-15(19-7-6-18-17(19)21-14)13-9-11(2)16-12(10-13)5-8-20-16/h5,8-10H,3-4,6-7H2,1-2H3. The third-order valence-electron chi connectivity index (χ3n) is 4.04. The summed E-state index contributed by atoms with van der Waals surface area (Å²) in [6.07, 6.45) is 2.34. The second-order valence-electron chi connectivity index (χ2n) is 5.57. The van der Waals surface area contributed by atoms with Crippen LogP contribution in [0.4, 0.5) is 0 Å². The second kappa shape index (κ2) is 5.18. The van der Waals surface area contributed by atoms with E-state index in [2.05, 4.69) is 47.3 Å². The molecule has 0 atom stereocenters. The highest BCUT2D eigenvalue weighted by Crippen LogP contribution is 2.44. The quantitative estimate of drug-likeness (QED) is 0.783. The van der Waals surface area contributed by atoms with Gasteiger partial charge in [-0.1, -0.05) is 25.1 Å². The number of benzene rings is 1. The third-order valence-corrected chi connectivity index (χ3v) is 6.28. The first-order valence-corrected chi connectivity index (χ1v) is 9.18. The summed E-state index contributed by atoms with van der Waals surface area (Å²) in [6, 6.07) is 6.94. The van der Waals surface area contributed by atoms with E-state index in [-0.39, 0.29) is 0 Å². The zero-order chi connectivity index (χ0) is 14.4. The number of thioether (sulfide) groups is 1. The number of aliphatic imine (C=N–C) groups is 1. The Kier molecular flexibility index (Phi) is 3.31. The summed E-state index contributed by atoms with van der Waals surface area (Å²) in [7, 11) is 0. The van der Waals surface area contributed by atoms with E-state index in [1.54, 1.807) is 0 Å². The average molecular weight is 314 g/mol. The highest BCUT2D eigenvalue weighted by atomic mass is 32.2. The molecule has 0 bridgehead atoms. The molecule has 0 spiro atoms. The van der Waals surface area contributed by atoms with Crippen molar-refractivity contribution in [1.82, 2.24) is 4.90 Å². The lowest BCUT2D eigenvalue weighted by atomic mass is 10.0. The molecule has 4 heteroatoms. The predicted octanol–water partition coefficient (Wildman–Crippen LogP) is 5.10. The number of hydrogen-bond donors (Lipinski definition) is 0. The molecule has 1 aromatic carbocycles. The van der Waals surface area contributed by atoms with Crippen LogP contribution in [0.2, 0.25) is 0 Å². The van der Waals surface area contributed by atoms with Crippen LogP contribution in [0.5, 0.6) is 0 Å². The fourth-order valence-corrected chi connectivity index (χ4v) is 5.30. The van der Waals surface area contributed by atoms with Crippen LogP contribution in [0.15, 0.2) is 33.5 Å². The summed E-state index contributed by atoms with van der Waals surface area (Å²) in [5.41, 5.74) is 4.16. The van der Waals surface area contributed by atoms with Crippen molar-refractivity contribution in [2.45, 2.75) is 26.7 Å². The van der Waals surface area contributed by atoms with E-state index in [1.807, 2.05) is 23.1 Å². The van der Waals surface area contributed by atoms with Gasteiger partial charge in [0, 0.05) is 16.1 Å². The predicted molar refractivity (Wildman–Crippen MR) is 95.0 cm³/mol. The normalized spacial score (nSPS) is 17.8. The Balaban J connectivity index is 1.87. The van der Waals surface area contributed by atoms with Gasteiger partial charge in [-0.15, -0.1) is 11.3 Å². The second-order valence-corrected chi connectivity index (χ2v) is 7.55. The van der Waals surface area contributed by atoms with E-state index >= 15 is 0 Å². The van der Waals surface area contributed by atoms with Gasteiger partial charge in [-0.3, -0.25) is 4.99 Å². The monoisotopic (exact) mass is 314 g/mol. The third kappa shape index (κ3) is 2.12. The SMILES string of the molecule is CCCC1=C(c2cc(C)c3sccc3c2)N2CCN=C2S1. The molecule has 0 radical (unpaired) electrons. The molecule has 2 aromatic rings. The minimum absolute atomic E-state index is 0.935. The lowest BCUT2D eigenvalue weighted by Gasteiger charge is -2.18. The number of thiophene rings is 1. The van der Waals surface area contributed by atoms with Gasteiger partial charge in [0.05, 0.1) is 12.2 Å². The largest absolute Gasteiger partial charge is 0.318 e. The molecule has 2 nitrogen and oxygen atoms in total. The van der Waals surface area contributed by atoms with Crippen LogP contribution in [-0.4, -0.2) is 23.2 Å². The van der Waals surface area contributed by atoms with Crippen LogP contribution in [0, 0.1) is 6.92 Å². The Morgan fingerprint density at radius 2 is 2.24 bits per heavy atom. The zero-order valence-corrected chi connectivity index (χ0v) is 14.0. The van der Waals surface area contributed by atoms with Crippen molar-refractivity contribution < 1.29 is 0 Å². The summed E-state index contributed by atoms with van der Waals surface area (Å²) in [6.45, 7) is 6.45. The van der Waals surface area contributed by atoms with Crippen molar-refractivity contribution in [2.75, 3.05) is 13.1 Å². The van der Waals surface area contributed by atoms with E-state index < -0.39 is 0 Å². The van der Waals surface area contributed by atoms with Gasteiger partial charge < -0.3 is 4.90 Å². The summed E-state index contributed by atoms with van der Waals surface area (Å²) in [5.74, 6) is 0. The summed E-state index contributed by atoms with van der Waals surface area (Å²) >= 11 is 3.72. The number of hydrogen-bond acceptors (Lipinski definition) is 4. The van der Waals surface area contributed by atoms with Crippen molar-refractivity contribution in [3.8, 4) is 0 Å². The molecule has 1 aromatic heterocycles. The van der Waals surface area contributed by atoms with Crippen molar-refractivity contribution in [2.24, 2.45) is 4.99 Å². The lowest BCUT2D eigenvalue weighted by Crippen LogP contribution is -2.20. The molecule has 108 valence electrons. The minimum atomic E-state index is 0.935. The molecule has 0 N–H and O–H groups in total. The fourth-order valence-electron chi connectivity index (χ4n) is 3.14. The summed E-state index contributed by atoms with van der Waals surface area (Å²) in [4.78, 5) is 8.56. The smallest absolute Gasteiger partial charge is 0.168 e. The maximum absolute atomic E-state index is 4.65. The maximum atomic E-state index is 4.65. The molecule has 3 heterocycles. The number of aryl methyl sites for hydroxylation is 1. The van der Waals surface area contributed by atoms with E-state index in [4.69, 9.17) is 0 Å². The first-order valence-electron chi connectivity index (χ1n) is 7.49. The first-order chi connectivity index (χ1) is 10.3. The molecule has 0 amide bonds. The number of fused-ring (bicyclic) bond motifs is 2. The molecule has 2 aliphatic rings. The van der Waals surface area contributed by atoms with Gasteiger partial charge in [-0.05, 0) is 53.4 Å². The van der Waals surface area contributed by atoms with Crippen LogP contribution in [0.3, 0.4) is 0 Å². The van der Waals surface area contributed by atoms with E-state index in [1.165, 1.54) is 43.4 Å². The van der Waals surface area contributed by atoms with E-state index in [9.17, 15) is 0 Å². The van der Waals surface area contributed by atoms with Crippen molar-refractivity contribution in [3.05, 3.63) is 39.6 Å². The van der Waals surface area contributed by atoms with E-state index in [0.717, 1.165) is 19.5 Å². The minimum Gasteiger partial charge on any atom is -0.318 e. The van der Waals surface area contributed by atoms with Gasteiger partial charge in [-0.25, -0.2) is 0 Å². The van der Waals surface area contributed by atoms with Gasteiger partial charge in [0.1, 0.15) is 0 Å². The number of amidine groups is 1. The Hall–Kier alpha value is -1.26. The van der Waals surface area contributed by atoms with Gasteiger partial charge >= 0.3 is 0 Å². The Morgan fingerprint density at radius 3 is 3.10 bits per heavy atom. The van der Waals surface area contributed by atoms with E-state index in [0.29, 0.717) is 0 Å². The Bertz CT molecular complexity index is 770. The number of rotatable bonds is 3. The zero-order valence-electron chi connectivity index (χ0n) is 12.3. The Labute approximate surface area is 133 Å². The highest BCUT2D eigenvalue weighted by Gasteiger charge is 2.32. The molecule has 0 fully saturated rings.